The molecule has 17 heavy (non-hydrogen) atoms. The second-order valence-corrected chi connectivity index (χ2v) is 14.0. The molecule has 0 unspecified atom stereocenters. The minimum absolute atomic E-state index is 0.268. The average Bonchev–Trinajstić information content (AvgIpc) is 2.12. The predicted molar refractivity (Wildman–Crippen MR) is 77.5 cm³/mol. The monoisotopic (exact) mass is 344 g/mol. The second kappa shape index (κ2) is 7.76. The number of carbonyl (C=O) groups excluding carboxylic acids is 1. The maximum atomic E-state index is 11.3. The van der Waals surface area contributed by atoms with Gasteiger partial charge in [-0.2, -0.15) is 11.1 Å². The van der Waals surface area contributed by atoms with E-state index in [0.717, 1.165) is 12.5 Å². The molecule has 0 aromatic carbocycles. The molecule has 0 rings (SSSR count). The Morgan fingerprint density at radius 3 is 2.35 bits per heavy atom. The Morgan fingerprint density at radius 2 is 1.88 bits per heavy atom. The molecule has 0 N–H and O–H groups in total. The van der Waals surface area contributed by atoms with E-state index in [4.69, 9.17) is 20.6 Å². The molecule has 0 saturated heterocycles. The molecule has 0 aliphatic carbocycles. The number of ether oxygens (including phenoxy) is 2. The number of hydrogen-bond donors (Lipinski definition) is 0. The molecule has 6 heteroatoms. The lowest BCUT2D eigenvalue weighted by Gasteiger charge is -2.15. The van der Waals surface area contributed by atoms with E-state index in [1.807, 2.05) is 0 Å². The minimum Gasteiger partial charge on any atom is -0.462 e. The van der Waals surface area contributed by atoms with E-state index in [-0.39, 0.29) is 5.97 Å². The van der Waals surface area contributed by atoms with Gasteiger partial charge in [-0.15, -0.1) is 0 Å². The smallest absolute Gasteiger partial charge is 0.322 e. The van der Waals surface area contributed by atoms with Gasteiger partial charge in [-0.1, -0.05) is 29.0 Å². The van der Waals surface area contributed by atoms with E-state index < -0.39 is 11.7 Å². The van der Waals surface area contributed by atoms with Crippen LogP contribution in [0.1, 0.15) is 20.3 Å². The highest BCUT2D eigenvalue weighted by atomic mass is 79.9. The molecule has 0 fully saturated rings. The minimum atomic E-state index is -1.47. The van der Waals surface area contributed by atoms with Crippen molar-refractivity contribution in [2.75, 3.05) is 19.8 Å². The zero-order valence-electron chi connectivity index (χ0n) is 11.0. The van der Waals surface area contributed by atoms with Gasteiger partial charge < -0.3 is 9.47 Å². The number of esters is 1. The van der Waals surface area contributed by atoms with Crippen LogP contribution in [0.15, 0.2) is 0 Å². The molecule has 3 nitrogen and oxygen atoms in total. The first-order valence-electron chi connectivity index (χ1n) is 5.76. The van der Waals surface area contributed by atoms with Gasteiger partial charge in [0, 0.05) is 6.61 Å². The molecule has 0 aromatic rings. The van der Waals surface area contributed by atoms with Gasteiger partial charge >= 0.3 is 5.97 Å². The van der Waals surface area contributed by atoms with Crippen LogP contribution in [0.3, 0.4) is 0 Å². The molecule has 0 atom stereocenters. The molecule has 0 spiro atoms. The van der Waals surface area contributed by atoms with Crippen molar-refractivity contribution in [1.82, 2.24) is 0 Å². The third-order valence-corrected chi connectivity index (χ3v) is 4.44. The molecular formula is C11H22BrClO3Si. The molecule has 0 aliphatic rings. The second-order valence-electron chi connectivity index (χ2n) is 5.04. The fourth-order valence-electron chi connectivity index (χ4n) is 1.06. The largest absolute Gasteiger partial charge is 0.462 e. The third kappa shape index (κ3) is 11.2. The highest BCUT2D eigenvalue weighted by Gasteiger charge is 2.25. The highest BCUT2D eigenvalue weighted by Crippen LogP contribution is 2.17. The molecule has 102 valence electrons. The molecule has 0 heterocycles. The zero-order chi connectivity index (χ0) is 13.5. The summed E-state index contributed by atoms with van der Waals surface area (Å²) in [6, 6.07) is 1.04. The number of alkyl halides is 1. The Labute approximate surface area is 118 Å². The van der Waals surface area contributed by atoms with Crippen LogP contribution in [-0.2, 0) is 14.3 Å². The van der Waals surface area contributed by atoms with Crippen LogP contribution in [0.2, 0.25) is 19.1 Å². The highest BCUT2D eigenvalue weighted by molar-refractivity contribution is 9.10. The number of carbonyl (C=O) groups is 1. The lowest BCUT2D eigenvalue weighted by molar-refractivity contribution is -0.146. The van der Waals surface area contributed by atoms with Crippen molar-refractivity contribution in [3.8, 4) is 0 Å². The van der Waals surface area contributed by atoms with Gasteiger partial charge in [0.2, 0.25) is 0 Å². The maximum absolute atomic E-state index is 11.3. The summed E-state index contributed by atoms with van der Waals surface area (Å²) in [5.41, 5.74) is 0. The van der Waals surface area contributed by atoms with Crippen molar-refractivity contribution in [2.24, 2.45) is 0 Å². The van der Waals surface area contributed by atoms with Crippen molar-refractivity contribution in [1.29, 1.82) is 0 Å². The van der Waals surface area contributed by atoms with Crippen LogP contribution >= 0.6 is 27.0 Å². The van der Waals surface area contributed by atoms with Crippen molar-refractivity contribution < 1.29 is 14.3 Å². The molecule has 0 bridgehead atoms. The van der Waals surface area contributed by atoms with E-state index in [1.54, 1.807) is 13.8 Å². The summed E-state index contributed by atoms with van der Waals surface area (Å²) in [5.74, 6) is -0.268. The summed E-state index contributed by atoms with van der Waals surface area (Å²) in [7, 11) is -1.47. The van der Waals surface area contributed by atoms with Crippen LogP contribution in [0.25, 0.3) is 0 Å². The van der Waals surface area contributed by atoms with E-state index in [1.165, 1.54) is 0 Å². The van der Waals surface area contributed by atoms with Gasteiger partial charge in [-0.05, 0) is 26.3 Å². The summed E-state index contributed by atoms with van der Waals surface area (Å²) in [6.45, 7) is 9.17. The standard InChI is InChI=1S/C11H22BrClO3Si/c1-11(2,12)10(14)16-8-7-15-6-5-9-17(3,4)13/h5-9H2,1-4H3. The molecule has 0 aromatic heterocycles. The van der Waals surface area contributed by atoms with Crippen LogP contribution in [-0.4, -0.2) is 37.5 Å². The van der Waals surface area contributed by atoms with Gasteiger partial charge in [-0.3, -0.25) is 4.79 Å². The van der Waals surface area contributed by atoms with E-state index >= 15 is 0 Å². The van der Waals surface area contributed by atoms with E-state index in [2.05, 4.69) is 29.0 Å². The van der Waals surface area contributed by atoms with E-state index in [9.17, 15) is 4.79 Å². The van der Waals surface area contributed by atoms with Gasteiger partial charge in [0.05, 0.1) is 6.61 Å². The average molecular weight is 346 g/mol. The fourth-order valence-corrected chi connectivity index (χ4v) is 2.56. The first kappa shape index (κ1) is 17.4. The van der Waals surface area contributed by atoms with Crippen LogP contribution in [0, 0.1) is 0 Å². The van der Waals surface area contributed by atoms with Crippen molar-refractivity contribution >= 4 is 40.4 Å². The first-order chi connectivity index (χ1) is 7.63. The molecule has 0 amide bonds. The fraction of sp³-hybridized carbons (Fsp3) is 0.909. The van der Waals surface area contributed by atoms with Crippen LogP contribution in [0.5, 0.6) is 0 Å². The topological polar surface area (TPSA) is 35.5 Å². The number of hydrogen-bond acceptors (Lipinski definition) is 3. The first-order valence-corrected chi connectivity index (χ1v) is 10.8. The summed E-state index contributed by atoms with van der Waals surface area (Å²) in [5, 5.41) is 0. The summed E-state index contributed by atoms with van der Waals surface area (Å²) in [6.07, 6.45) is 0.973. The number of rotatable bonds is 8. The quantitative estimate of drug-likeness (QED) is 0.222. The Bertz CT molecular complexity index is 236. The van der Waals surface area contributed by atoms with Gasteiger partial charge in [0.15, 0.2) is 7.38 Å². The van der Waals surface area contributed by atoms with Crippen molar-refractivity contribution in [3.05, 3.63) is 0 Å². The number of halogens is 2. The van der Waals surface area contributed by atoms with Gasteiger partial charge in [-0.25, -0.2) is 0 Å². The molecular weight excluding hydrogens is 324 g/mol. The van der Waals surface area contributed by atoms with Crippen LogP contribution < -0.4 is 0 Å². The zero-order valence-corrected chi connectivity index (χ0v) is 14.4. The molecule has 0 radical (unpaired) electrons. The van der Waals surface area contributed by atoms with Gasteiger partial charge in [0.25, 0.3) is 0 Å². The van der Waals surface area contributed by atoms with Gasteiger partial charge in [0.1, 0.15) is 10.9 Å². The molecule has 0 aliphatic heterocycles. The Hall–Kier alpha value is 0.417. The summed E-state index contributed by atoms with van der Waals surface area (Å²) in [4.78, 5) is 11.3. The van der Waals surface area contributed by atoms with Crippen molar-refractivity contribution in [3.63, 3.8) is 0 Å². The Balaban J connectivity index is 3.39. The SMILES string of the molecule is CC(C)(Br)C(=O)OCCOCCC[Si](C)(C)Cl. The lowest BCUT2D eigenvalue weighted by Crippen LogP contribution is -2.27. The van der Waals surface area contributed by atoms with E-state index in [0.29, 0.717) is 19.8 Å². The predicted octanol–water partition coefficient (Wildman–Crippen LogP) is 3.55. The lowest BCUT2D eigenvalue weighted by atomic mass is 10.2. The van der Waals surface area contributed by atoms with Crippen molar-refractivity contribution in [2.45, 2.75) is 43.7 Å². The summed E-state index contributed by atoms with van der Waals surface area (Å²) >= 11 is 9.41. The molecule has 0 saturated carbocycles. The normalized spacial score (nSPS) is 12.6. The summed E-state index contributed by atoms with van der Waals surface area (Å²) < 4.78 is 9.77. The Morgan fingerprint density at radius 1 is 1.29 bits per heavy atom. The third-order valence-electron chi connectivity index (χ3n) is 2.01. The van der Waals surface area contributed by atoms with Crippen LogP contribution in [0.4, 0.5) is 0 Å². The maximum Gasteiger partial charge on any atom is 0.322 e. The Kier molecular flexibility index (Phi) is 7.96.